The number of fused-ring (bicyclic) bond motifs is 1. The molecule has 2 unspecified atom stereocenters. The van der Waals surface area contributed by atoms with E-state index in [2.05, 4.69) is 10.3 Å². The van der Waals surface area contributed by atoms with Gasteiger partial charge in [0.2, 0.25) is 0 Å². The lowest BCUT2D eigenvalue weighted by molar-refractivity contribution is -0.142. The van der Waals surface area contributed by atoms with E-state index in [1.165, 1.54) is 7.11 Å². The first-order valence-corrected chi connectivity index (χ1v) is 10.3. The molecule has 30 heavy (non-hydrogen) atoms. The molecule has 0 bridgehead atoms. The molecule has 1 aliphatic heterocycles. The van der Waals surface area contributed by atoms with E-state index in [0.717, 1.165) is 35.3 Å². The number of benzene rings is 2. The molecular weight excluding hydrogens is 380 g/mol. The fourth-order valence-electron chi connectivity index (χ4n) is 3.98. The molecule has 0 saturated carbocycles. The van der Waals surface area contributed by atoms with Crippen molar-refractivity contribution < 1.29 is 14.3 Å². The summed E-state index contributed by atoms with van der Waals surface area (Å²) in [5, 5.41) is 2.87. The van der Waals surface area contributed by atoms with Crippen LogP contribution in [0.1, 0.15) is 30.1 Å². The molecule has 1 aromatic heterocycles. The number of carbonyl (C=O) groups is 2. The van der Waals surface area contributed by atoms with E-state index in [9.17, 15) is 9.59 Å². The Morgan fingerprint density at radius 3 is 2.73 bits per heavy atom. The Morgan fingerprint density at radius 1 is 1.20 bits per heavy atom. The van der Waals surface area contributed by atoms with Crippen LogP contribution in [0.2, 0.25) is 0 Å². The van der Waals surface area contributed by atoms with Crippen LogP contribution in [0.15, 0.2) is 54.6 Å². The van der Waals surface area contributed by atoms with Gasteiger partial charge in [0, 0.05) is 25.4 Å². The molecule has 2 atom stereocenters. The number of carbonyl (C=O) groups excluding carboxylic acids is 2. The summed E-state index contributed by atoms with van der Waals surface area (Å²) in [6.07, 6.45) is 2.24. The number of urea groups is 1. The molecule has 4 rings (SSSR count). The number of hydrogen-bond acceptors (Lipinski definition) is 4. The molecule has 2 N–H and O–H groups in total. The van der Waals surface area contributed by atoms with Crippen LogP contribution in [0.5, 0.6) is 0 Å². The Bertz CT molecular complexity index is 984. The summed E-state index contributed by atoms with van der Waals surface area (Å²) in [5.74, 6) is 0.600. The van der Waals surface area contributed by atoms with Crippen molar-refractivity contribution in [2.45, 2.75) is 31.2 Å². The van der Waals surface area contributed by atoms with Crippen molar-refractivity contribution in [3.63, 3.8) is 0 Å². The minimum atomic E-state index is -0.725. The van der Waals surface area contributed by atoms with Gasteiger partial charge in [0.25, 0.3) is 0 Å². The van der Waals surface area contributed by atoms with Crippen molar-refractivity contribution in [1.82, 2.24) is 20.2 Å². The number of amides is 2. The molecule has 2 aromatic carbocycles. The van der Waals surface area contributed by atoms with Gasteiger partial charge in [-0.2, -0.15) is 0 Å². The van der Waals surface area contributed by atoms with Crippen LogP contribution in [0.4, 0.5) is 4.79 Å². The van der Waals surface area contributed by atoms with Gasteiger partial charge in [0.05, 0.1) is 18.1 Å². The summed E-state index contributed by atoms with van der Waals surface area (Å²) >= 11 is 0. The fraction of sp³-hybridized carbons (Fsp3) is 0.348. The molecule has 7 nitrogen and oxygen atoms in total. The van der Waals surface area contributed by atoms with Crippen LogP contribution in [-0.2, 0) is 16.0 Å². The number of imidazole rings is 1. The van der Waals surface area contributed by atoms with Crippen LogP contribution < -0.4 is 5.32 Å². The topological polar surface area (TPSA) is 87.3 Å². The first kappa shape index (κ1) is 19.9. The molecule has 2 heterocycles. The number of aromatic amines is 1. The molecular formula is C23H26N4O3. The number of esters is 1. The average Bonchev–Trinajstić information content (AvgIpc) is 3.23. The Morgan fingerprint density at radius 2 is 1.97 bits per heavy atom. The number of ether oxygens (including phenoxy) is 1. The Hall–Kier alpha value is -3.35. The lowest BCUT2D eigenvalue weighted by Gasteiger charge is -2.32. The number of nitrogens with one attached hydrogen (secondary N) is 2. The minimum Gasteiger partial charge on any atom is -0.467 e. The molecule has 0 aliphatic carbocycles. The maximum Gasteiger partial charge on any atom is 0.328 e. The number of para-hydroxylation sites is 2. The van der Waals surface area contributed by atoms with Crippen LogP contribution in [0.3, 0.4) is 0 Å². The average molecular weight is 406 g/mol. The standard InChI is InChI=1S/C23H26N4O3/c1-30-22(28)20(14-16-8-3-2-4-9-16)26-23(29)27-13-7-10-17(15-27)21-24-18-11-5-6-12-19(18)25-21/h2-6,8-9,11-12,17,20H,7,10,13-15H2,1H3,(H,24,25)(H,26,29). The van der Waals surface area contributed by atoms with Gasteiger partial charge in [-0.05, 0) is 30.5 Å². The van der Waals surface area contributed by atoms with E-state index in [1.807, 2.05) is 54.6 Å². The Kier molecular flexibility index (Phi) is 5.97. The fourth-order valence-corrected chi connectivity index (χ4v) is 3.98. The zero-order valence-electron chi connectivity index (χ0n) is 17.0. The second kappa shape index (κ2) is 8.98. The van der Waals surface area contributed by atoms with Crippen LogP contribution >= 0.6 is 0 Å². The monoisotopic (exact) mass is 406 g/mol. The highest BCUT2D eigenvalue weighted by atomic mass is 16.5. The molecule has 1 fully saturated rings. The van der Waals surface area contributed by atoms with Gasteiger partial charge in [-0.25, -0.2) is 14.6 Å². The molecule has 1 aliphatic rings. The third-order valence-electron chi connectivity index (χ3n) is 5.57. The van der Waals surface area contributed by atoms with E-state index >= 15 is 0 Å². The van der Waals surface area contributed by atoms with Crippen molar-refractivity contribution in [3.8, 4) is 0 Å². The highest BCUT2D eigenvalue weighted by molar-refractivity contribution is 5.84. The predicted molar refractivity (Wildman–Crippen MR) is 114 cm³/mol. The quantitative estimate of drug-likeness (QED) is 0.637. The lowest BCUT2D eigenvalue weighted by Crippen LogP contribution is -2.51. The smallest absolute Gasteiger partial charge is 0.328 e. The van der Waals surface area contributed by atoms with Gasteiger partial charge >= 0.3 is 12.0 Å². The van der Waals surface area contributed by atoms with Crippen molar-refractivity contribution in [3.05, 3.63) is 66.0 Å². The van der Waals surface area contributed by atoms with Gasteiger partial charge in [-0.15, -0.1) is 0 Å². The molecule has 2 amide bonds. The van der Waals surface area contributed by atoms with Crippen molar-refractivity contribution in [1.29, 1.82) is 0 Å². The number of rotatable bonds is 5. The van der Waals surface area contributed by atoms with Gasteiger partial charge in [-0.3, -0.25) is 0 Å². The third kappa shape index (κ3) is 4.45. The number of aromatic nitrogens is 2. The molecule has 156 valence electrons. The van der Waals surface area contributed by atoms with E-state index in [-0.39, 0.29) is 11.9 Å². The molecule has 0 radical (unpaired) electrons. The van der Waals surface area contributed by atoms with E-state index in [1.54, 1.807) is 4.90 Å². The predicted octanol–water partition coefficient (Wildman–Crippen LogP) is 3.24. The number of piperidine rings is 1. The maximum absolute atomic E-state index is 12.9. The van der Waals surface area contributed by atoms with E-state index < -0.39 is 12.0 Å². The number of likely N-dealkylation sites (tertiary alicyclic amines) is 1. The van der Waals surface area contributed by atoms with Gasteiger partial charge in [0.15, 0.2) is 0 Å². The van der Waals surface area contributed by atoms with Crippen LogP contribution in [-0.4, -0.2) is 53.1 Å². The van der Waals surface area contributed by atoms with Crippen molar-refractivity contribution >= 4 is 23.0 Å². The SMILES string of the molecule is COC(=O)C(Cc1ccccc1)NC(=O)N1CCCC(c2nc3ccccc3[nH]2)C1. The van der Waals surface area contributed by atoms with Crippen LogP contribution in [0, 0.1) is 0 Å². The summed E-state index contributed by atoms with van der Waals surface area (Å²) in [6, 6.07) is 16.6. The van der Waals surface area contributed by atoms with Gasteiger partial charge < -0.3 is 19.9 Å². The first-order valence-electron chi connectivity index (χ1n) is 10.3. The molecule has 0 spiro atoms. The first-order chi connectivity index (χ1) is 14.6. The second-order valence-corrected chi connectivity index (χ2v) is 7.64. The lowest BCUT2D eigenvalue weighted by atomic mass is 9.97. The highest BCUT2D eigenvalue weighted by Crippen LogP contribution is 2.26. The van der Waals surface area contributed by atoms with E-state index in [4.69, 9.17) is 9.72 Å². The number of hydrogen-bond donors (Lipinski definition) is 2. The largest absolute Gasteiger partial charge is 0.467 e. The molecule has 3 aromatic rings. The summed E-state index contributed by atoms with van der Waals surface area (Å²) in [4.78, 5) is 35.0. The zero-order valence-corrected chi connectivity index (χ0v) is 17.0. The normalized spacial score (nSPS) is 17.5. The summed E-state index contributed by atoms with van der Waals surface area (Å²) in [6.45, 7) is 1.21. The number of methoxy groups -OCH3 is 1. The highest BCUT2D eigenvalue weighted by Gasteiger charge is 2.30. The van der Waals surface area contributed by atoms with Crippen LogP contribution in [0.25, 0.3) is 11.0 Å². The summed E-state index contributed by atoms with van der Waals surface area (Å²) < 4.78 is 4.91. The van der Waals surface area contributed by atoms with Crippen molar-refractivity contribution in [2.24, 2.45) is 0 Å². The minimum absolute atomic E-state index is 0.141. The Balaban J connectivity index is 1.44. The number of H-pyrrole nitrogens is 1. The zero-order chi connectivity index (χ0) is 20.9. The summed E-state index contributed by atoms with van der Waals surface area (Å²) in [5.41, 5.74) is 2.90. The van der Waals surface area contributed by atoms with Gasteiger partial charge in [0.1, 0.15) is 11.9 Å². The third-order valence-corrected chi connectivity index (χ3v) is 5.57. The summed E-state index contributed by atoms with van der Waals surface area (Å²) in [7, 11) is 1.34. The maximum atomic E-state index is 12.9. The number of nitrogens with zero attached hydrogens (tertiary/aromatic N) is 2. The Labute approximate surface area is 175 Å². The second-order valence-electron chi connectivity index (χ2n) is 7.64. The molecule has 7 heteroatoms. The van der Waals surface area contributed by atoms with Gasteiger partial charge in [-0.1, -0.05) is 42.5 Å². The molecule has 1 saturated heterocycles. The van der Waals surface area contributed by atoms with Crippen molar-refractivity contribution in [2.75, 3.05) is 20.2 Å². The van der Waals surface area contributed by atoms with E-state index in [0.29, 0.717) is 19.5 Å².